The maximum absolute atomic E-state index is 12.4. The van der Waals surface area contributed by atoms with Gasteiger partial charge >= 0.3 is 0 Å². The summed E-state index contributed by atoms with van der Waals surface area (Å²) in [5.74, 6) is -0.0186. The molecule has 1 aliphatic heterocycles. The molecule has 0 bridgehead atoms. The lowest BCUT2D eigenvalue weighted by molar-refractivity contribution is -0.139. The van der Waals surface area contributed by atoms with E-state index in [1.165, 1.54) is 5.56 Å². The van der Waals surface area contributed by atoms with Gasteiger partial charge in [-0.1, -0.05) is 30.3 Å². The maximum Gasteiger partial charge on any atom is 0.247 e. The van der Waals surface area contributed by atoms with Crippen molar-refractivity contribution < 1.29 is 9.59 Å². The standard InChI is InChI=1S/C18H26N2O2/c1-18(2,17(22)20-13-6-7-14-20)19-16(21)12-8-11-15-9-4-3-5-10-15/h3-5,9-10H,6-8,11-14H2,1-2H3,(H,19,21). The molecule has 0 aliphatic carbocycles. The molecule has 22 heavy (non-hydrogen) atoms. The highest BCUT2D eigenvalue weighted by Gasteiger charge is 2.34. The maximum atomic E-state index is 12.4. The molecule has 1 aromatic carbocycles. The number of hydrogen-bond acceptors (Lipinski definition) is 2. The Hall–Kier alpha value is -1.84. The Morgan fingerprint density at radius 2 is 1.77 bits per heavy atom. The van der Waals surface area contributed by atoms with Crippen molar-refractivity contribution in [2.45, 2.75) is 51.5 Å². The summed E-state index contributed by atoms with van der Waals surface area (Å²) in [4.78, 5) is 26.3. The molecule has 1 saturated heterocycles. The van der Waals surface area contributed by atoms with Crippen LogP contribution in [0.5, 0.6) is 0 Å². The summed E-state index contributed by atoms with van der Waals surface area (Å²) >= 11 is 0. The molecule has 4 nitrogen and oxygen atoms in total. The smallest absolute Gasteiger partial charge is 0.247 e. The van der Waals surface area contributed by atoms with E-state index in [-0.39, 0.29) is 11.8 Å². The number of rotatable bonds is 6. The molecule has 4 heteroatoms. The van der Waals surface area contributed by atoms with Crippen LogP contribution in [0.3, 0.4) is 0 Å². The first kappa shape index (κ1) is 16.5. The zero-order chi connectivity index (χ0) is 16.0. The average Bonchev–Trinajstić information content (AvgIpc) is 3.01. The molecule has 0 saturated carbocycles. The molecule has 1 aliphatic rings. The first-order valence-electron chi connectivity index (χ1n) is 8.13. The molecule has 120 valence electrons. The second-order valence-corrected chi connectivity index (χ2v) is 6.51. The van der Waals surface area contributed by atoms with Gasteiger partial charge in [-0.05, 0) is 45.1 Å². The van der Waals surface area contributed by atoms with Gasteiger partial charge in [0.15, 0.2) is 0 Å². The Morgan fingerprint density at radius 3 is 2.41 bits per heavy atom. The second-order valence-electron chi connectivity index (χ2n) is 6.51. The summed E-state index contributed by atoms with van der Waals surface area (Å²) in [7, 11) is 0. The summed E-state index contributed by atoms with van der Waals surface area (Å²) in [6, 6.07) is 10.1. The molecule has 0 spiro atoms. The molecule has 1 aromatic rings. The highest BCUT2D eigenvalue weighted by molar-refractivity contribution is 5.90. The fourth-order valence-electron chi connectivity index (χ4n) is 2.88. The molecule has 0 unspecified atom stereocenters. The van der Waals surface area contributed by atoms with Gasteiger partial charge in [0.2, 0.25) is 11.8 Å². The van der Waals surface area contributed by atoms with E-state index in [0.29, 0.717) is 6.42 Å². The minimum Gasteiger partial charge on any atom is -0.342 e. The number of carbonyl (C=O) groups excluding carboxylic acids is 2. The predicted octanol–water partition coefficient (Wildman–Crippen LogP) is 2.53. The first-order chi connectivity index (χ1) is 10.5. The highest BCUT2D eigenvalue weighted by atomic mass is 16.2. The molecule has 0 atom stereocenters. The molecule has 0 aromatic heterocycles. The molecular weight excluding hydrogens is 276 g/mol. The summed E-state index contributed by atoms with van der Waals surface area (Å²) in [5, 5.41) is 2.89. The van der Waals surface area contributed by atoms with Crippen LogP contribution in [0, 0.1) is 0 Å². The van der Waals surface area contributed by atoms with Crippen molar-refractivity contribution in [1.29, 1.82) is 0 Å². The van der Waals surface area contributed by atoms with Crippen LogP contribution in [0.2, 0.25) is 0 Å². The van der Waals surface area contributed by atoms with Gasteiger partial charge in [0.25, 0.3) is 0 Å². The summed E-state index contributed by atoms with van der Waals surface area (Å²) in [5.41, 5.74) is 0.427. The summed E-state index contributed by atoms with van der Waals surface area (Å²) in [6.07, 6.45) is 4.25. The van der Waals surface area contributed by atoms with Crippen molar-refractivity contribution in [3.63, 3.8) is 0 Å². The van der Waals surface area contributed by atoms with Crippen LogP contribution in [-0.2, 0) is 16.0 Å². The van der Waals surface area contributed by atoms with Crippen LogP contribution in [0.1, 0.15) is 45.1 Å². The zero-order valence-corrected chi connectivity index (χ0v) is 13.6. The largest absolute Gasteiger partial charge is 0.342 e. The van der Waals surface area contributed by atoms with Crippen molar-refractivity contribution in [3.8, 4) is 0 Å². The minimum absolute atomic E-state index is 0.0291. The lowest BCUT2D eigenvalue weighted by Gasteiger charge is -2.30. The van der Waals surface area contributed by atoms with E-state index in [1.54, 1.807) is 13.8 Å². The van der Waals surface area contributed by atoms with Gasteiger partial charge in [0, 0.05) is 19.5 Å². The predicted molar refractivity (Wildman–Crippen MR) is 87.4 cm³/mol. The lowest BCUT2D eigenvalue weighted by Crippen LogP contribution is -2.55. The minimum atomic E-state index is -0.811. The summed E-state index contributed by atoms with van der Waals surface area (Å²) in [6.45, 7) is 5.21. The quantitative estimate of drug-likeness (QED) is 0.878. The van der Waals surface area contributed by atoms with Crippen LogP contribution in [0.25, 0.3) is 0 Å². The molecule has 2 rings (SSSR count). The number of nitrogens with one attached hydrogen (secondary N) is 1. The van der Waals surface area contributed by atoms with Gasteiger partial charge in [-0.15, -0.1) is 0 Å². The molecule has 0 radical (unpaired) electrons. The summed E-state index contributed by atoms with van der Waals surface area (Å²) < 4.78 is 0. The van der Waals surface area contributed by atoms with Crippen molar-refractivity contribution in [2.75, 3.05) is 13.1 Å². The number of nitrogens with zero attached hydrogens (tertiary/aromatic N) is 1. The molecular formula is C18H26N2O2. The van der Waals surface area contributed by atoms with Crippen molar-refractivity contribution in [2.24, 2.45) is 0 Å². The van der Waals surface area contributed by atoms with E-state index in [0.717, 1.165) is 38.8 Å². The number of carbonyl (C=O) groups is 2. The van der Waals surface area contributed by atoms with Crippen LogP contribution in [-0.4, -0.2) is 35.3 Å². The van der Waals surface area contributed by atoms with Gasteiger partial charge in [-0.3, -0.25) is 9.59 Å². The van der Waals surface area contributed by atoms with Crippen molar-refractivity contribution in [3.05, 3.63) is 35.9 Å². The number of hydrogen-bond donors (Lipinski definition) is 1. The molecule has 2 amide bonds. The van der Waals surface area contributed by atoms with Gasteiger partial charge in [0.05, 0.1) is 0 Å². The highest BCUT2D eigenvalue weighted by Crippen LogP contribution is 2.15. The third-order valence-corrected chi connectivity index (χ3v) is 4.09. The van der Waals surface area contributed by atoms with E-state index >= 15 is 0 Å². The van der Waals surface area contributed by atoms with Gasteiger partial charge in [-0.25, -0.2) is 0 Å². The normalized spacial score (nSPS) is 14.9. The fraction of sp³-hybridized carbons (Fsp3) is 0.556. The number of benzene rings is 1. The van der Waals surface area contributed by atoms with Gasteiger partial charge in [0.1, 0.15) is 5.54 Å². The van der Waals surface area contributed by atoms with Gasteiger partial charge < -0.3 is 10.2 Å². The van der Waals surface area contributed by atoms with E-state index in [9.17, 15) is 9.59 Å². The second kappa shape index (κ2) is 7.43. The van der Waals surface area contributed by atoms with E-state index < -0.39 is 5.54 Å². The van der Waals surface area contributed by atoms with Gasteiger partial charge in [-0.2, -0.15) is 0 Å². The Balaban J connectivity index is 1.76. The monoisotopic (exact) mass is 302 g/mol. The van der Waals surface area contributed by atoms with E-state index in [4.69, 9.17) is 0 Å². The van der Waals surface area contributed by atoms with Crippen LogP contribution >= 0.6 is 0 Å². The average molecular weight is 302 g/mol. The number of aryl methyl sites for hydroxylation is 1. The van der Waals surface area contributed by atoms with Crippen LogP contribution in [0.4, 0.5) is 0 Å². The Bertz CT molecular complexity index is 505. The van der Waals surface area contributed by atoms with Crippen LogP contribution < -0.4 is 5.32 Å². The molecule has 1 fully saturated rings. The molecule has 1 heterocycles. The number of amides is 2. The zero-order valence-electron chi connectivity index (χ0n) is 13.6. The number of likely N-dealkylation sites (tertiary alicyclic amines) is 1. The van der Waals surface area contributed by atoms with E-state index in [2.05, 4.69) is 17.4 Å². The first-order valence-corrected chi connectivity index (χ1v) is 8.13. The van der Waals surface area contributed by atoms with E-state index in [1.807, 2.05) is 23.1 Å². The lowest BCUT2D eigenvalue weighted by atomic mass is 10.0. The van der Waals surface area contributed by atoms with Crippen LogP contribution in [0.15, 0.2) is 30.3 Å². The third-order valence-electron chi connectivity index (χ3n) is 4.09. The van der Waals surface area contributed by atoms with Crippen molar-refractivity contribution >= 4 is 11.8 Å². The Morgan fingerprint density at radius 1 is 1.14 bits per heavy atom. The Kier molecular flexibility index (Phi) is 5.58. The van der Waals surface area contributed by atoms with Crippen molar-refractivity contribution in [1.82, 2.24) is 10.2 Å². The fourth-order valence-corrected chi connectivity index (χ4v) is 2.88. The third kappa shape index (κ3) is 4.58. The topological polar surface area (TPSA) is 49.4 Å². The molecule has 1 N–H and O–H groups in total. The SMILES string of the molecule is CC(C)(NC(=O)CCCc1ccccc1)C(=O)N1CCCC1. The Labute approximate surface area is 132 Å².